The summed E-state index contributed by atoms with van der Waals surface area (Å²) in [5, 5.41) is 19.8. The summed E-state index contributed by atoms with van der Waals surface area (Å²) < 4.78 is 0. The number of likely N-dealkylation sites (N-methyl/N-ethyl adjacent to an activating group) is 1. The van der Waals surface area contributed by atoms with Crippen molar-refractivity contribution < 1.29 is 24.6 Å². The van der Waals surface area contributed by atoms with Crippen molar-refractivity contribution in [1.82, 2.24) is 15.1 Å². The molecule has 0 aromatic carbocycles. The second-order valence-corrected chi connectivity index (χ2v) is 3.75. The number of imide groups is 1. The van der Waals surface area contributed by atoms with E-state index in [1.165, 1.54) is 11.9 Å². The van der Waals surface area contributed by atoms with Crippen molar-refractivity contribution in [3.05, 3.63) is 0 Å². The van der Waals surface area contributed by atoms with Gasteiger partial charge in [-0.3, -0.25) is 14.5 Å². The second kappa shape index (κ2) is 5.60. The number of nitrogens with one attached hydrogen (secondary N) is 1. The average molecular weight is 245 g/mol. The van der Waals surface area contributed by atoms with E-state index in [2.05, 4.69) is 5.32 Å². The van der Waals surface area contributed by atoms with Crippen LogP contribution in [0.2, 0.25) is 0 Å². The summed E-state index contributed by atoms with van der Waals surface area (Å²) in [5.74, 6) is -1.05. The van der Waals surface area contributed by atoms with Crippen LogP contribution >= 0.6 is 0 Å². The van der Waals surface area contributed by atoms with E-state index in [1.807, 2.05) is 0 Å². The van der Waals surface area contributed by atoms with Crippen LogP contribution in [0.15, 0.2) is 0 Å². The molecule has 1 fully saturated rings. The molecule has 96 valence electrons. The molecule has 0 aliphatic carbocycles. The minimum absolute atomic E-state index is 0.0461. The Balaban J connectivity index is 2.51. The maximum Gasteiger partial charge on any atom is 0.327 e. The fraction of sp³-hybridized carbons (Fsp3) is 0.667. The number of hydrogen-bond acceptors (Lipinski definition) is 5. The summed E-state index contributed by atoms with van der Waals surface area (Å²) in [5.41, 5.74) is 0. The summed E-state index contributed by atoms with van der Waals surface area (Å²) >= 11 is 0. The van der Waals surface area contributed by atoms with Gasteiger partial charge >= 0.3 is 6.03 Å². The van der Waals surface area contributed by atoms with Crippen LogP contribution in [-0.4, -0.2) is 77.3 Å². The number of nitrogens with zero attached hydrogens (tertiary/aromatic N) is 2. The number of hydrogen-bond donors (Lipinski definition) is 3. The van der Waals surface area contributed by atoms with Gasteiger partial charge in [-0.25, -0.2) is 4.79 Å². The molecule has 0 bridgehead atoms. The van der Waals surface area contributed by atoms with Crippen LogP contribution in [-0.2, 0) is 9.59 Å². The van der Waals surface area contributed by atoms with Crippen LogP contribution in [0.4, 0.5) is 4.79 Å². The number of rotatable bonds is 5. The molecule has 8 nitrogen and oxygen atoms in total. The number of urea groups is 1. The molecular formula is C9H15N3O5. The fourth-order valence-electron chi connectivity index (χ4n) is 1.39. The molecule has 1 heterocycles. The van der Waals surface area contributed by atoms with E-state index in [0.29, 0.717) is 0 Å². The number of aliphatic hydroxyl groups excluding tert-OH is 2. The molecule has 0 saturated carbocycles. The molecule has 0 atom stereocenters. The van der Waals surface area contributed by atoms with Crippen molar-refractivity contribution in [3.8, 4) is 0 Å². The summed E-state index contributed by atoms with van der Waals surface area (Å²) in [6, 6.07) is -1.32. The minimum atomic E-state index is -0.784. The van der Waals surface area contributed by atoms with Gasteiger partial charge in [-0.2, -0.15) is 0 Å². The molecule has 3 N–H and O–H groups in total. The van der Waals surface area contributed by atoms with Crippen molar-refractivity contribution >= 4 is 17.8 Å². The Hall–Kier alpha value is -1.67. The predicted molar refractivity (Wildman–Crippen MR) is 55.8 cm³/mol. The zero-order chi connectivity index (χ0) is 13.0. The van der Waals surface area contributed by atoms with Gasteiger partial charge in [-0.1, -0.05) is 0 Å². The van der Waals surface area contributed by atoms with Crippen LogP contribution in [0.3, 0.4) is 0 Å². The van der Waals surface area contributed by atoms with Gasteiger partial charge in [0.1, 0.15) is 13.1 Å². The van der Waals surface area contributed by atoms with E-state index in [4.69, 9.17) is 10.2 Å². The van der Waals surface area contributed by atoms with Crippen LogP contribution in [0.25, 0.3) is 0 Å². The zero-order valence-corrected chi connectivity index (χ0v) is 9.42. The fourth-order valence-corrected chi connectivity index (χ4v) is 1.39. The van der Waals surface area contributed by atoms with E-state index >= 15 is 0 Å². The Kier molecular flexibility index (Phi) is 4.41. The topological polar surface area (TPSA) is 110 Å². The third-order valence-corrected chi connectivity index (χ3v) is 2.34. The first-order valence-corrected chi connectivity index (χ1v) is 5.06. The van der Waals surface area contributed by atoms with E-state index in [9.17, 15) is 14.4 Å². The van der Waals surface area contributed by atoms with Crippen molar-refractivity contribution in [2.24, 2.45) is 0 Å². The van der Waals surface area contributed by atoms with Gasteiger partial charge in [0, 0.05) is 7.05 Å². The number of aliphatic hydroxyl groups is 2. The highest BCUT2D eigenvalue weighted by atomic mass is 16.3. The Labute approximate surface area is 97.8 Å². The Morgan fingerprint density at radius 1 is 1.41 bits per heavy atom. The van der Waals surface area contributed by atoms with E-state index < -0.39 is 43.6 Å². The molecule has 0 aromatic rings. The maximum atomic E-state index is 11.4. The van der Waals surface area contributed by atoms with Crippen LogP contribution in [0.1, 0.15) is 0 Å². The van der Waals surface area contributed by atoms with Gasteiger partial charge in [0.25, 0.3) is 5.91 Å². The molecule has 1 aliphatic heterocycles. The lowest BCUT2D eigenvalue weighted by molar-refractivity contribution is -0.131. The Morgan fingerprint density at radius 3 is 2.41 bits per heavy atom. The molecule has 0 radical (unpaired) electrons. The quantitative estimate of drug-likeness (QED) is 0.458. The highest BCUT2D eigenvalue weighted by molar-refractivity contribution is 6.04. The van der Waals surface area contributed by atoms with Gasteiger partial charge < -0.3 is 20.4 Å². The highest BCUT2D eigenvalue weighted by Gasteiger charge is 2.34. The number of carbonyl (C=O) groups excluding carboxylic acids is 3. The van der Waals surface area contributed by atoms with Crippen LogP contribution < -0.4 is 5.32 Å². The molecule has 0 unspecified atom stereocenters. The first-order chi connectivity index (χ1) is 7.99. The monoisotopic (exact) mass is 245 g/mol. The zero-order valence-electron chi connectivity index (χ0n) is 9.42. The molecule has 1 rings (SSSR count). The van der Waals surface area contributed by atoms with Crippen molar-refractivity contribution in [2.45, 2.75) is 6.04 Å². The molecule has 0 spiro atoms. The van der Waals surface area contributed by atoms with E-state index in [-0.39, 0.29) is 6.54 Å². The summed E-state index contributed by atoms with van der Waals surface area (Å²) in [4.78, 5) is 36.2. The summed E-state index contributed by atoms with van der Waals surface area (Å²) in [7, 11) is 1.46. The molecule has 17 heavy (non-hydrogen) atoms. The molecular weight excluding hydrogens is 230 g/mol. The van der Waals surface area contributed by atoms with Crippen molar-refractivity contribution in [1.29, 1.82) is 0 Å². The summed E-state index contributed by atoms with van der Waals surface area (Å²) in [6.07, 6.45) is 0. The van der Waals surface area contributed by atoms with Gasteiger partial charge in [-0.05, 0) is 0 Å². The normalized spacial score (nSPS) is 16.0. The summed E-state index contributed by atoms with van der Waals surface area (Å²) in [6.45, 7) is -1.28. The third kappa shape index (κ3) is 3.14. The Bertz CT molecular complexity index is 329. The van der Waals surface area contributed by atoms with Crippen LogP contribution in [0, 0.1) is 0 Å². The van der Waals surface area contributed by atoms with Crippen molar-refractivity contribution in [2.75, 3.05) is 33.4 Å². The maximum absolute atomic E-state index is 11.4. The Morgan fingerprint density at radius 2 is 2.00 bits per heavy atom. The van der Waals surface area contributed by atoms with Gasteiger partial charge in [0.2, 0.25) is 5.91 Å². The standard InChI is InChI=1S/C9H15N3O5/c1-11-3-8(16)12(9(11)17)2-7(15)10-6(4-13)5-14/h6,13-14H,2-5H2,1H3,(H,10,15). The SMILES string of the molecule is CN1CC(=O)N(CC(=O)NC(CO)CO)C1=O. The second-order valence-electron chi connectivity index (χ2n) is 3.75. The van der Waals surface area contributed by atoms with Gasteiger partial charge in [0.05, 0.1) is 19.3 Å². The number of amides is 4. The van der Waals surface area contributed by atoms with E-state index in [0.717, 1.165) is 4.90 Å². The van der Waals surface area contributed by atoms with Gasteiger partial charge in [0.15, 0.2) is 0 Å². The van der Waals surface area contributed by atoms with Crippen molar-refractivity contribution in [3.63, 3.8) is 0 Å². The first-order valence-electron chi connectivity index (χ1n) is 5.06. The molecule has 4 amide bonds. The minimum Gasteiger partial charge on any atom is -0.394 e. The largest absolute Gasteiger partial charge is 0.394 e. The molecule has 1 saturated heterocycles. The number of carbonyl (C=O) groups is 3. The average Bonchev–Trinajstić information content (AvgIpc) is 2.53. The lowest BCUT2D eigenvalue weighted by Crippen LogP contribution is -2.46. The third-order valence-electron chi connectivity index (χ3n) is 2.34. The molecule has 0 aromatic heterocycles. The van der Waals surface area contributed by atoms with E-state index in [1.54, 1.807) is 0 Å². The lowest BCUT2D eigenvalue weighted by atomic mass is 10.3. The lowest BCUT2D eigenvalue weighted by Gasteiger charge is -2.17. The molecule has 1 aliphatic rings. The predicted octanol–water partition coefficient (Wildman–Crippen LogP) is -2.65. The smallest absolute Gasteiger partial charge is 0.327 e. The first kappa shape index (κ1) is 13.4. The highest BCUT2D eigenvalue weighted by Crippen LogP contribution is 2.06. The van der Waals surface area contributed by atoms with Crippen LogP contribution in [0.5, 0.6) is 0 Å². The van der Waals surface area contributed by atoms with Gasteiger partial charge in [-0.15, -0.1) is 0 Å². The molecule has 8 heteroatoms.